The average molecular weight is 272 g/mol. The molecule has 104 valence electrons. The van der Waals surface area contributed by atoms with Crippen molar-refractivity contribution in [3.05, 3.63) is 63.2 Å². The van der Waals surface area contributed by atoms with Crippen LogP contribution in [0.5, 0.6) is 11.5 Å². The lowest BCUT2D eigenvalue weighted by Gasteiger charge is -2.11. The Hall–Kier alpha value is -2.40. The van der Waals surface area contributed by atoms with Crippen molar-refractivity contribution in [2.75, 3.05) is 0 Å². The number of para-hydroxylation sites is 1. The van der Waals surface area contributed by atoms with Gasteiger partial charge in [-0.25, -0.2) is 0 Å². The molecule has 0 spiro atoms. The zero-order chi connectivity index (χ0) is 14.7. The van der Waals surface area contributed by atoms with Gasteiger partial charge in [-0.3, -0.25) is 10.1 Å². The summed E-state index contributed by atoms with van der Waals surface area (Å²) in [6, 6.07) is 10.3. The van der Waals surface area contributed by atoms with Crippen molar-refractivity contribution >= 4 is 5.69 Å². The van der Waals surface area contributed by atoms with Crippen LogP contribution < -0.4 is 10.5 Å². The molecule has 0 bridgehead atoms. The number of nitro groups is 1. The summed E-state index contributed by atoms with van der Waals surface area (Å²) in [4.78, 5) is 10.6. The molecule has 0 fully saturated rings. The lowest BCUT2D eigenvalue weighted by atomic mass is 10.1. The number of ether oxygens (including phenoxy) is 1. The number of nitrogens with two attached hydrogens (primary N) is 1. The van der Waals surface area contributed by atoms with E-state index in [1.165, 1.54) is 6.07 Å². The standard InChI is InChI=1S/C15H16N2O3/c1-10-4-3-5-14(17(18)19)15(10)20-13-7-6-12(9-16)11(2)8-13/h3-8H,9,16H2,1-2H3. The normalized spacial score (nSPS) is 10.3. The molecule has 0 aromatic heterocycles. The highest BCUT2D eigenvalue weighted by molar-refractivity contribution is 5.53. The maximum absolute atomic E-state index is 11.0. The number of rotatable bonds is 4. The Labute approximate surface area is 117 Å². The van der Waals surface area contributed by atoms with Crippen LogP contribution in [0.3, 0.4) is 0 Å². The van der Waals surface area contributed by atoms with Gasteiger partial charge in [-0.05, 0) is 42.7 Å². The topological polar surface area (TPSA) is 78.4 Å². The predicted octanol–water partition coefficient (Wildman–Crippen LogP) is 3.46. The molecule has 2 rings (SSSR count). The van der Waals surface area contributed by atoms with Crippen LogP contribution >= 0.6 is 0 Å². The first-order valence-electron chi connectivity index (χ1n) is 6.24. The fourth-order valence-electron chi connectivity index (χ4n) is 1.99. The monoisotopic (exact) mass is 272 g/mol. The summed E-state index contributed by atoms with van der Waals surface area (Å²) in [7, 11) is 0. The number of nitro benzene ring substituents is 1. The lowest BCUT2D eigenvalue weighted by molar-refractivity contribution is -0.385. The minimum absolute atomic E-state index is 0.0365. The van der Waals surface area contributed by atoms with E-state index in [0.717, 1.165) is 16.7 Å². The average Bonchev–Trinajstić information content (AvgIpc) is 2.41. The minimum Gasteiger partial charge on any atom is -0.450 e. The zero-order valence-electron chi connectivity index (χ0n) is 11.4. The van der Waals surface area contributed by atoms with E-state index in [4.69, 9.17) is 10.5 Å². The first kappa shape index (κ1) is 14.0. The molecular formula is C15H16N2O3. The second-order valence-electron chi connectivity index (χ2n) is 4.57. The highest BCUT2D eigenvalue weighted by Crippen LogP contribution is 2.34. The molecule has 2 aromatic rings. The quantitative estimate of drug-likeness (QED) is 0.682. The molecule has 0 unspecified atom stereocenters. The number of hydrogen-bond donors (Lipinski definition) is 1. The highest BCUT2D eigenvalue weighted by Gasteiger charge is 2.17. The van der Waals surface area contributed by atoms with Crippen molar-refractivity contribution in [3.8, 4) is 11.5 Å². The van der Waals surface area contributed by atoms with Gasteiger partial charge in [-0.1, -0.05) is 18.2 Å². The van der Waals surface area contributed by atoms with Gasteiger partial charge < -0.3 is 10.5 Å². The van der Waals surface area contributed by atoms with E-state index in [9.17, 15) is 10.1 Å². The second-order valence-corrected chi connectivity index (χ2v) is 4.57. The third kappa shape index (κ3) is 2.78. The Balaban J connectivity index is 2.39. The van der Waals surface area contributed by atoms with Gasteiger partial charge in [0, 0.05) is 12.6 Å². The summed E-state index contributed by atoms with van der Waals surface area (Å²) >= 11 is 0. The van der Waals surface area contributed by atoms with Crippen LogP contribution in [0.2, 0.25) is 0 Å². The minimum atomic E-state index is -0.441. The SMILES string of the molecule is Cc1cc(Oc2c(C)cccc2[N+](=O)[O-])ccc1CN. The molecule has 0 heterocycles. The van der Waals surface area contributed by atoms with Crippen molar-refractivity contribution in [1.29, 1.82) is 0 Å². The van der Waals surface area contributed by atoms with Crippen LogP contribution in [-0.4, -0.2) is 4.92 Å². The number of nitrogens with zero attached hydrogens (tertiary/aromatic N) is 1. The van der Waals surface area contributed by atoms with Crippen molar-refractivity contribution in [2.45, 2.75) is 20.4 Å². The van der Waals surface area contributed by atoms with Crippen molar-refractivity contribution in [1.82, 2.24) is 0 Å². The zero-order valence-corrected chi connectivity index (χ0v) is 11.4. The maximum atomic E-state index is 11.0. The van der Waals surface area contributed by atoms with Crippen molar-refractivity contribution < 1.29 is 9.66 Å². The fraction of sp³-hybridized carbons (Fsp3) is 0.200. The second kappa shape index (κ2) is 5.71. The van der Waals surface area contributed by atoms with Crippen molar-refractivity contribution in [2.24, 2.45) is 5.73 Å². The van der Waals surface area contributed by atoms with E-state index in [1.807, 2.05) is 19.1 Å². The molecule has 20 heavy (non-hydrogen) atoms. The molecule has 0 saturated heterocycles. The maximum Gasteiger partial charge on any atom is 0.311 e. The van der Waals surface area contributed by atoms with Gasteiger partial charge >= 0.3 is 5.69 Å². The molecule has 0 atom stereocenters. The van der Waals surface area contributed by atoms with Gasteiger partial charge in [0.15, 0.2) is 0 Å². The molecule has 2 N–H and O–H groups in total. The van der Waals surface area contributed by atoms with Crippen LogP contribution in [0.1, 0.15) is 16.7 Å². The Morgan fingerprint density at radius 3 is 2.55 bits per heavy atom. The third-order valence-corrected chi connectivity index (χ3v) is 3.14. The molecule has 2 aromatic carbocycles. The summed E-state index contributed by atoms with van der Waals surface area (Å²) in [6.45, 7) is 4.17. The van der Waals surface area contributed by atoms with E-state index in [1.54, 1.807) is 25.1 Å². The Bertz CT molecular complexity index is 654. The molecule has 5 heteroatoms. The van der Waals surface area contributed by atoms with Crippen LogP contribution in [-0.2, 0) is 6.54 Å². The molecule has 0 amide bonds. The third-order valence-electron chi connectivity index (χ3n) is 3.14. The predicted molar refractivity (Wildman–Crippen MR) is 77.0 cm³/mol. The number of hydrogen-bond acceptors (Lipinski definition) is 4. The first-order valence-corrected chi connectivity index (χ1v) is 6.24. The van der Waals surface area contributed by atoms with Crippen LogP contribution in [0, 0.1) is 24.0 Å². The summed E-state index contributed by atoms with van der Waals surface area (Å²) in [5.74, 6) is 0.842. The Morgan fingerprint density at radius 2 is 1.95 bits per heavy atom. The van der Waals surface area contributed by atoms with Gasteiger partial charge in [0.1, 0.15) is 5.75 Å². The number of aryl methyl sites for hydroxylation is 2. The fourth-order valence-corrected chi connectivity index (χ4v) is 1.99. The van der Waals surface area contributed by atoms with E-state index >= 15 is 0 Å². The van der Waals surface area contributed by atoms with Crippen LogP contribution in [0.4, 0.5) is 5.69 Å². The molecule has 0 saturated carbocycles. The summed E-state index contributed by atoms with van der Waals surface area (Å²) < 4.78 is 5.70. The van der Waals surface area contributed by atoms with Gasteiger partial charge in [0.05, 0.1) is 4.92 Å². The smallest absolute Gasteiger partial charge is 0.311 e. The summed E-state index contributed by atoms with van der Waals surface area (Å²) in [5, 5.41) is 11.0. The first-order chi connectivity index (χ1) is 9.52. The van der Waals surface area contributed by atoms with Crippen LogP contribution in [0.25, 0.3) is 0 Å². The van der Waals surface area contributed by atoms with Gasteiger partial charge in [0.25, 0.3) is 0 Å². The van der Waals surface area contributed by atoms with Gasteiger partial charge in [-0.2, -0.15) is 0 Å². The van der Waals surface area contributed by atoms with E-state index in [-0.39, 0.29) is 11.4 Å². The molecule has 0 aliphatic carbocycles. The molecular weight excluding hydrogens is 256 g/mol. The highest BCUT2D eigenvalue weighted by atomic mass is 16.6. The van der Waals surface area contributed by atoms with E-state index in [2.05, 4.69) is 0 Å². The van der Waals surface area contributed by atoms with Crippen LogP contribution in [0.15, 0.2) is 36.4 Å². The van der Waals surface area contributed by atoms with Gasteiger partial charge in [-0.15, -0.1) is 0 Å². The van der Waals surface area contributed by atoms with E-state index in [0.29, 0.717) is 12.3 Å². The molecule has 5 nitrogen and oxygen atoms in total. The Morgan fingerprint density at radius 1 is 1.20 bits per heavy atom. The molecule has 0 aliphatic rings. The van der Waals surface area contributed by atoms with Crippen molar-refractivity contribution in [3.63, 3.8) is 0 Å². The number of benzene rings is 2. The molecule has 0 aliphatic heterocycles. The Kier molecular flexibility index (Phi) is 4.00. The van der Waals surface area contributed by atoms with Gasteiger partial charge in [0.2, 0.25) is 5.75 Å². The molecule has 0 radical (unpaired) electrons. The summed E-state index contributed by atoms with van der Waals surface area (Å²) in [6.07, 6.45) is 0. The summed E-state index contributed by atoms with van der Waals surface area (Å²) in [5.41, 5.74) is 8.32. The lowest BCUT2D eigenvalue weighted by Crippen LogP contribution is -2.00. The van der Waals surface area contributed by atoms with E-state index < -0.39 is 4.92 Å². The largest absolute Gasteiger partial charge is 0.450 e.